The van der Waals surface area contributed by atoms with Crippen LogP contribution in [0.15, 0.2) is 26.9 Å². The van der Waals surface area contributed by atoms with Crippen LogP contribution in [0, 0.1) is 6.92 Å². The number of carbonyl (C=O) groups is 1. The lowest BCUT2D eigenvalue weighted by atomic mass is 10.2. The number of anilines is 1. The molecule has 0 saturated heterocycles. The van der Waals surface area contributed by atoms with Gasteiger partial charge >= 0.3 is 5.97 Å². The molecule has 7 nitrogen and oxygen atoms in total. The highest BCUT2D eigenvalue weighted by atomic mass is 32.2. The Morgan fingerprint density at radius 1 is 1.53 bits per heavy atom. The molecular formula is C11H12N4O3S. The Morgan fingerprint density at radius 2 is 2.32 bits per heavy atom. The standard InChI is InChI=1S/C11H12N4O3S/c1-3-17-10(16)7-4-5-13-9(8(7)12)19-11-15-14-6(2)18-11/h4-5H,3,12H2,1-2H3. The zero-order valence-electron chi connectivity index (χ0n) is 10.4. The van der Waals surface area contributed by atoms with E-state index in [0.717, 1.165) is 11.8 Å². The first-order chi connectivity index (χ1) is 9.11. The highest BCUT2D eigenvalue weighted by molar-refractivity contribution is 7.99. The van der Waals surface area contributed by atoms with Crippen molar-refractivity contribution in [1.82, 2.24) is 15.2 Å². The summed E-state index contributed by atoms with van der Waals surface area (Å²) >= 11 is 1.10. The number of aromatic nitrogens is 3. The lowest BCUT2D eigenvalue weighted by Crippen LogP contribution is -2.09. The van der Waals surface area contributed by atoms with Crippen molar-refractivity contribution in [3.63, 3.8) is 0 Å². The minimum Gasteiger partial charge on any atom is -0.462 e. The zero-order valence-corrected chi connectivity index (χ0v) is 11.2. The number of aryl methyl sites for hydroxylation is 1. The Hall–Kier alpha value is -2.09. The molecule has 0 radical (unpaired) electrons. The van der Waals surface area contributed by atoms with Crippen LogP contribution in [-0.2, 0) is 4.74 Å². The number of rotatable bonds is 4. The molecule has 0 saturated carbocycles. The predicted octanol–water partition coefficient (Wildman–Crippen LogP) is 1.68. The molecule has 0 spiro atoms. The SMILES string of the molecule is CCOC(=O)c1ccnc(Sc2nnc(C)o2)c1N. The number of esters is 1. The number of ether oxygens (including phenoxy) is 1. The van der Waals surface area contributed by atoms with Gasteiger partial charge < -0.3 is 14.9 Å². The summed E-state index contributed by atoms with van der Waals surface area (Å²) in [5, 5.41) is 8.27. The molecule has 0 aliphatic carbocycles. The summed E-state index contributed by atoms with van der Waals surface area (Å²) in [6.45, 7) is 3.70. The van der Waals surface area contributed by atoms with E-state index in [0.29, 0.717) is 16.1 Å². The van der Waals surface area contributed by atoms with E-state index in [2.05, 4.69) is 15.2 Å². The van der Waals surface area contributed by atoms with E-state index in [4.69, 9.17) is 14.9 Å². The van der Waals surface area contributed by atoms with Gasteiger partial charge in [0.2, 0.25) is 5.89 Å². The van der Waals surface area contributed by atoms with Crippen LogP contribution in [0.25, 0.3) is 0 Å². The van der Waals surface area contributed by atoms with Gasteiger partial charge in [0.25, 0.3) is 5.22 Å². The zero-order chi connectivity index (χ0) is 13.8. The molecule has 19 heavy (non-hydrogen) atoms. The highest BCUT2D eigenvalue weighted by Crippen LogP contribution is 2.31. The van der Waals surface area contributed by atoms with Crippen molar-refractivity contribution in [3.05, 3.63) is 23.7 Å². The number of nitrogens with two attached hydrogens (primary N) is 1. The summed E-state index contributed by atoms with van der Waals surface area (Å²) in [5.74, 6) is -0.0337. The van der Waals surface area contributed by atoms with E-state index in [1.165, 1.54) is 12.3 Å². The minimum absolute atomic E-state index is 0.238. The molecule has 2 N–H and O–H groups in total. The summed E-state index contributed by atoms with van der Waals surface area (Å²) in [6.07, 6.45) is 1.48. The van der Waals surface area contributed by atoms with Crippen LogP contribution in [0.3, 0.4) is 0 Å². The number of nitrogen functional groups attached to an aromatic ring is 1. The Morgan fingerprint density at radius 3 is 2.95 bits per heavy atom. The van der Waals surface area contributed by atoms with Crippen LogP contribution < -0.4 is 5.73 Å². The maximum atomic E-state index is 11.7. The molecular weight excluding hydrogens is 268 g/mol. The van der Waals surface area contributed by atoms with Crippen molar-refractivity contribution < 1.29 is 13.9 Å². The van der Waals surface area contributed by atoms with E-state index in [1.807, 2.05) is 0 Å². The molecule has 0 aliphatic rings. The van der Waals surface area contributed by atoms with E-state index in [1.54, 1.807) is 13.8 Å². The largest absolute Gasteiger partial charge is 0.462 e. The van der Waals surface area contributed by atoms with Crippen molar-refractivity contribution in [3.8, 4) is 0 Å². The van der Waals surface area contributed by atoms with Gasteiger partial charge in [0, 0.05) is 13.1 Å². The lowest BCUT2D eigenvalue weighted by Gasteiger charge is -2.07. The maximum absolute atomic E-state index is 11.7. The molecule has 0 bridgehead atoms. The molecule has 0 unspecified atom stereocenters. The van der Waals surface area contributed by atoms with Gasteiger partial charge in [-0.25, -0.2) is 9.78 Å². The second-order valence-electron chi connectivity index (χ2n) is 3.49. The Bertz CT molecular complexity index is 599. The fourth-order valence-electron chi connectivity index (χ4n) is 1.32. The van der Waals surface area contributed by atoms with Crippen molar-refractivity contribution in [1.29, 1.82) is 0 Å². The fourth-order valence-corrected chi connectivity index (χ4v) is 2.07. The van der Waals surface area contributed by atoms with Crippen LogP contribution in [0.2, 0.25) is 0 Å². The first kappa shape index (κ1) is 13.3. The molecule has 2 aromatic heterocycles. The molecule has 2 rings (SSSR count). The minimum atomic E-state index is -0.481. The van der Waals surface area contributed by atoms with E-state index < -0.39 is 5.97 Å². The average Bonchev–Trinajstić information content (AvgIpc) is 2.78. The molecule has 0 aliphatic heterocycles. The van der Waals surface area contributed by atoms with Crippen LogP contribution in [-0.4, -0.2) is 27.8 Å². The topological polar surface area (TPSA) is 104 Å². The number of hydrogen-bond acceptors (Lipinski definition) is 8. The number of hydrogen-bond donors (Lipinski definition) is 1. The third-order valence-corrected chi connectivity index (χ3v) is 3.00. The molecule has 0 amide bonds. The molecule has 0 fully saturated rings. The summed E-state index contributed by atoms with van der Waals surface area (Å²) < 4.78 is 10.1. The molecule has 2 heterocycles. The third-order valence-electron chi connectivity index (χ3n) is 2.14. The van der Waals surface area contributed by atoms with Crippen molar-refractivity contribution in [2.45, 2.75) is 24.1 Å². The van der Waals surface area contributed by atoms with Gasteiger partial charge in [0.05, 0.1) is 17.9 Å². The summed E-state index contributed by atoms with van der Waals surface area (Å²) in [7, 11) is 0. The molecule has 8 heteroatoms. The third kappa shape index (κ3) is 3.02. The predicted molar refractivity (Wildman–Crippen MR) is 67.8 cm³/mol. The monoisotopic (exact) mass is 280 g/mol. The second-order valence-corrected chi connectivity index (χ2v) is 4.43. The quantitative estimate of drug-likeness (QED) is 0.843. The van der Waals surface area contributed by atoms with E-state index in [9.17, 15) is 4.79 Å². The van der Waals surface area contributed by atoms with Gasteiger partial charge in [-0.05, 0) is 24.8 Å². The maximum Gasteiger partial charge on any atom is 0.340 e. The van der Waals surface area contributed by atoms with Gasteiger partial charge in [-0.1, -0.05) is 0 Å². The molecule has 0 atom stereocenters. The van der Waals surface area contributed by atoms with E-state index in [-0.39, 0.29) is 17.9 Å². The summed E-state index contributed by atoms with van der Waals surface area (Å²) in [4.78, 5) is 15.8. The Kier molecular flexibility index (Phi) is 4.00. The lowest BCUT2D eigenvalue weighted by molar-refractivity contribution is 0.0527. The van der Waals surface area contributed by atoms with Crippen molar-refractivity contribution in [2.75, 3.05) is 12.3 Å². The first-order valence-corrected chi connectivity index (χ1v) is 6.33. The van der Waals surface area contributed by atoms with Gasteiger partial charge in [0.1, 0.15) is 5.03 Å². The summed E-state index contributed by atoms with van der Waals surface area (Å²) in [5.41, 5.74) is 6.41. The van der Waals surface area contributed by atoms with Crippen LogP contribution >= 0.6 is 11.8 Å². The smallest absolute Gasteiger partial charge is 0.340 e. The average molecular weight is 280 g/mol. The van der Waals surface area contributed by atoms with Crippen molar-refractivity contribution in [2.24, 2.45) is 0 Å². The van der Waals surface area contributed by atoms with Crippen LogP contribution in [0.4, 0.5) is 5.69 Å². The number of pyridine rings is 1. The summed E-state index contributed by atoms with van der Waals surface area (Å²) in [6, 6.07) is 1.51. The number of carbonyl (C=O) groups excluding carboxylic acids is 1. The van der Waals surface area contributed by atoms with Crippen molar-refractivity contribution >= 4 is 23.4 Å². The van der Waals surface area contributed by atoms with Crippen LogP contribution in [0.5, 0.6) is 0 Å². The van der Waals surface area contributed by atoms with Gasteiger partial charge in [-0.3, -0.25) is 0 Å². The van der Waals surface area contributed by atoms with Crippen LogP contribution in [0.1, 0.15) is 23.2 Å². The second kappa shape index (κ2) is 5.70. The van der Waals surface area contributed by atoms with Gasteiger partial charge in [0.15, 0.2) is 0 Å². The highest BCUT2D eigenvalue weighted by Gasteiger charge is 2.17. The Balaban J connectivity index is 2.27. The Labute approximate surface area is 113 Å². The van der Waals surface area contributed by atoms with Gasteiger partial charge in [-0.2, -0.15) is 0 Å². The number of nitrogens with zero attached hydrogens (tertiary/aromatic N) is 3. The molecule has 2 aromatic rings. The molecule has 100 valence electrons. The molecule has 0 aromatic carbocycles. The van der Waals surface area contributed by atoms with E-state index >= 15 is 0 Å². The normalized spacial score (nSPS) is 10.4. The van der Waals surface area contributed by atoms with Gasteiger partial charge in [-0.15, -0.1) is 10.2 Å². The fraction of sp³-hybridized carbons (Fsp3) is 0.273. The first-order valence-electron chi connectivity index (χ1n) is 5.51.